The van der Waals surface area contributed by atoms with Crippen molar-refractivity contribution in [1.82, 2.24) is 19.8 Å². The first-order valence-corrected chi connectivity index (χ1v) is 7.27. The molecule has 0 saturated carbocycles. The van der Waals surface area contributed by atoms with Crippen LogP contribution in [-0.2, 0) is 11.3 Å². The average molecular weight is 294 g/mol. The molecule has 7 heteroatoms. The van der Waals surface area contributed by atoms with Crippen LogP contribution in [0.4, 0.5) is 4.79 Å². The number of amides is 2. The van der Waals surface area contributed by atoms with Gasteiger partial charge in [0.15, 0.2) is 0 Å². The number of likely N-dealkylation sites (tertiary alicyclic amines) is 1. The summed E-state index contributed by atoms with van der Waals surface area (Å²) >= 11 is 0. The van der Waals surface area contributed by atoms with Gasteiger partial charge in [0.2, 0.25) is 0 Å². The molecular weight excluding hydrogens is 272 g/mol. The van der Waals surface area contributed by atoms with Gasteiger partial charge >= 0.3 is 12.0 Å². The molecule has 1 aromatic rings. The third-order valence-electron chi connectivity index (χ3n) is 3.75. The number of aliphatic carboxylic acids is 1. The van der Waals surface area contributed by atoms with Crippen LogP contribution in [0.1, 0.15) is 26.2 Å². The molecule has 2 N–H and O–H groups in total. The van der Waals surface area contributed by atoms with Gasteiger partial charge in [-0.05, 0) is 25.7 Å². The normalized spacial score (nSPS) is 19.5. The van der Waals surface area contributed by atoms with Crippen LogP contribution < -0.4 is 5.32 Å². The van der Waals surface area contributed by atoms with Crippen molar-refractivity contribution in [1.29, 1.82) is 0 Å². The molecule has 1 aliphatic rings. The predicted molar refractivity (Wildman–Crippen MR) is 76.8 cm³/mol. The highest BCUT2D eigenvalue weighted by Crippen LogP contribution is 2.21. The van der Waals surface area contributed by atoms with Gasteiger partial charge in [0.25, 0.3) is 0 Å². The Morgan fingerprint density at radius 1 is 1.52 bits per heavy atom. The van der Waals surface area contributed by atoms with E-state index >= 15 is 0 Å². The van der Waals surface area contributed by atoms with Crippen molar-refractivity contribution < 1.29 is 14.7 Å². The molecule has 0 aliphatic carbocycles. The van der Waals surface area contributed by atoms with Crippen molar-refractivity contribution in [2.75, 3.05) is 13.1 Å². The van der Waals surface area contributed by atoms with E-state index in [-0.39, 0.29) is 18.5 Å². The first-order chi connectivity index (χ1) is 10.0. The SMILES string of the molecule is CC(Cn1ccnc1)NC(=O)N1CCC(CCC(=O)O)C1. The number of rotatable bonds is 6. The molecule has 7 nitrogen and oxygen atoms in total. The largest absolute Gasteiger partial charge is 0.481 e. The highest BCUT2D eigenvalue weighted by atomic mass is 16.4. The number of carboxylic acids is 1. The average Bonchev–Trinajstić information content (AvgIpc) is 3.06. The van der Waals surface area contributed by atoms with Crippen molar-refractivity contribution in [2.24, 2.45) is 5.92 Å². The zero-order valence-electron chi connectivity index (χ0n) is 12.2. The molecule has 116 valence electrons. The summed E-state index contributed by atoms with van der Waals surface area (Å²) in [6.45, 7) is 3.99. The van der Waals surface area contributed by atoms with Crippen molar-refractivity contribution >= 4 is 12.0 Å². The minimum Gasteiger partial charge on any atom is -0.481 e. The van der Waals surface area contributed by atoms with Gasteiger partial charge in [0, 0.05) is 44.5 Å². The van der Waals surface area contributed by atoms with Crippen LogP contribution >= 0.6 is 0 Å². The summed E-state index contributed by atoms with van der Waals surface area (Å²) in [4.78, 5) is 28.5. The summed E-state index contributed by atoms with van der Waals surface area (Å²) in [5.74, 6) is -0.470. The Morgan fingerprint density at radius 2 is 2.33 bits per heavy atom. The third kappa shape index (κ3) is 4.77. The number of hydrogen-bond donors (Lipinski definition) is 2. The highest BCUT2D eigenvalue weighted by Gasteiger charge is 2.27. The second kappa shape index (κ2) is 7.10. The summed E-state index contributed by atoms with van der Waals surface area (Å²) in [5.41, 5.74) is 0. The Hall–Kier alpha value is -2.05. The molecule has 2 heterocycles. The molecule has 2 atom stereocenters. The lowest BCUT2D eigenvalue weighted by molar-refractivity contribution is -0.137. The Kier molecular flexibility index (Phi) is 5.19. The van der Waals surface area contributed by atoms with E-state index in [1.54, 1.807) is 17.4 Å². The number of urea groups is 1. The molecule has 2 rings (SSSR count). The topological polar surface area (TPSA) is 87.5 Å². The number of carboxylic acid groups (broad SMARTS) is 1. The molecule has 0 bridgehead atoms. The lowest BCUT2D eigenvalue weighted by Gasteiger charge is -2.21. The number of hydrogen-bond acceptors (Lipinski definition) is 3. The lowest BCUT2D eigenvalue weighted by atomic mass is 10.0. The van der Waals surface area contributed by atoms with Gasteiger partial charge in [0.05, 0.1) is 6.33 Å². The number of aromatic nitrogens is 2. The van der Waals surface area contributed by atoms with Crippen LogP contribution in [0, 0.1) is 5.92 Å². The first kappa shape index (κ1) is 15.3. The molecule has 0 spiro atoms. The second-order valence-corrected chi connectivity index (χ2v) is 5.64. The van der Waals surface area contributed by atoms with Gasteiger partial charge < -0.3 is 19.9 Å². The van der Waals surface area contributed by atoms with Crippen molar-refractivity contribution in [3.05, 3.63) is 18.7 Å². The Bertz CT molecular complexity index is 475. The quantitative estimate of drug-likeness (QED) is 0.824. The summed E-state index contributed by atoms with van der Waals surface area (Å²) in [7, 11) is 0. The molecule has 0 radical (unpaired) electrons. The van der Waals surface area contributed by atoms with E-state index in [1.807, 2.05) is 17.7 Å². The second-order valence-electron chi connectivity index (χ2n) is 5.64. The van der Waals surface area contributed by atoms with E-state index < -0.39 is 5.97 Å². The van der Waals surface area contributed by atoms with Gasteiger partial charge in [-0.25, -0.2) is 9.78 Å². The molecule has 1 saturated heterocycles. The Labute approximate surface area is 124 Å². The lowest BCUT2D eigenvalue weighted by Crippen LogP contribution is -2.44. The third-order valence-corrected chi connectivity index (χ3v) is 3.75. The van der Waals surface area contributed by atoms with Crippen molar-refractivity contribution in [2.45, 2.75) is 38.8 Å². The molecule has 2 amide bonds. The predicted octanol–water partition coefficient (Wildman–Crippen LogP) is 1.17. The fourth-order valence-electron chi connectivity index (χ4n) is 2.64. The Balaban J connectivity index is 1.72. The van der Waals surface area contributed by atoms with E-state index in [1.165, 1.54) is 0 Å². The van der Waals surface area contributed by atoms with Crippen LogP contribution in [0.15, 0.2) is 18.7 Å². The fourth-order valence-corrected chi connectivity index (χ4v) is 2.64. The van der Waals surface area contributed by atoms with Gasteiger partial charge in [-0.3, -0.25) is 4.79 Å². The van der Waals surface area contributed by atoms with E-state index in [0.29, 0.717) is 32.0 Å². The minimum atomic E-state index is -0.771. The number of carbonyl (C=O) groups excluding carboxylic acids is 1. The maximum Gasteiger partial charge on any atom is 0.317 e. The maximum atomic E-state index is 12.1. The molecule has 1 aliphatic heterocycles. The van der Waals surface area contributed by atoms with Crippen molar-refractivity contribution in [3.63, 3.8) is 0 Å². The number of nitrogens with zero attached hydrogens (tertiary/aromatic N) is 3. The fraction of sp³-hybridized carbons (Fsp3) is 0.643. The first-order valence-electron chi connectivity index (χ1n) is 7.27. The maximum absolute atomic E-state index is 12.1. The van der Waals surface area contributed by atoms with Crippen LogP contribution in [0.5, 0.6) is 0 Å². The Morgan fingerprint density at radius 3 is 3.00 bits per heavy atom. The van der Waals surface area contributed by atoms with E-state index in [4.69, 9.17) is 5.11 Å². The van der Waals surface area contributed by atoms with Gasteiger partial charge in [-0.15, -0.1) is 0 Å². The number of carbonyl (C=O) groups is 2. The summed E-state index contributed by atoms with van der Waals surface area (Å²) < 4.78 is 1.92. The zero-order chi connectivity index (χ0) is 15.2. The molecular formula is C14H22N4O3. The van der Waals surface area contributed by atoms with E-state index in [0.717, 1.165) is 6.42 Å². The van der Waals surface area contributed by atoms with Gasteiger partial charge in [0.1, 0.15) is 0 Å². The highest BCUT2D eigenvalue weighted by molar-refractivity contribution is 5.74. The minimum absolute atomic E-state index is 0.0183. The van der Waals surface area contributed by atoms with Gasteiger partial charge in [-0.1, -0.05) is 0 Å². The number of nitrogens with one attached hydrogen (secondary N) is 1. The van der Waals surface area contributed by atoms with Crippen LogP contribution in [0.3, 0.4) is 0 Å². The van der Waals surface area contributed by atoms with Crippen molar-refractivity contribution in [3.8, 4) is 0 Å². The summed E-state index contributed by atoms with van der Waals surface area (Å²) in [6, 6.07) is -0.0507. The van der Waals surface area contributed by atoms with E-state index in [2.05, 4.69) is 10.3 Å². The summed E-state index contributed by atoms with van der Waals surface area (Å²) in [5, 5.41) is 11.7. The van der Waals surface area contributed by atoms with Crippen LogP contribution in [0.25, 0.3) is 0 Å². The summed E-state index contributed by atoms with van der Waals surface area (Å²) in [6.07, 6.45) is 7.00. The van der Waals surface area contributed by atoms with Crippen LogP contribution in [0.2, 0.25) is 0 Å². The van der Waals surface area contributed by atoms with E-state index in [9.17, 15) is 9.59 Å². The monoisotopic (exact) mass is 294 g/mol. The molecule has 1 fully saturated rings. The zero-order valence-corrected chi connectivity index (χ0v) is 12.2. The molecule has 21 heavy (non-hydrogen) atoms. The number of imidazole rings is 1. The molecule has 2 unspecified atom stereocenters. The molecule has 1 aromatic heterocycles. The standard InChI is InChI=1S/C14H22N4O3/c1-11(8-17-7-5-15-10-17)16-14(21)18-6-4-12(9-18)2-3-13(19)20/h5,7,10-12H,2-4,6,8-9H2,1H3,(H,16,21)(H,19,20). The van der Waals surface area contributed by atoms with Crippen LogP contribution in [-0.4, -0.2) is 50.7 Å². The molecule has 0 aromatic carbocycles. The van der Waals surface area contributed by atoms with Gasteiger partial charge in [-0.2, -0.15) is 0 Å². The smallest absolute Gasteiger partial charge is 0.317 e.